The Morgan fingerprint density at radius 2 is 1.69 bits per heavy atom. The van der Waals surface area contributed by atoms with E-state index in [2.05, 4.69) is 31.2 Å². The Labute approximate surface area is 171 Å². The Morgan fingerprint density at radius 3 is 2.41 bits per heavy atom. The van der Waals surface area contributed by atoms with Gasteiger partial charge in [0.25, 0.3) is 11.5 Å². The Bertz CT molecular complexity index is 1050. The van der Waals surface area contributed by atoms with Gasteiger partial charge in [-0.1, -0.05) is 76.4 Å². The number of aryl methyl sites for hydroxylation is 1. The van der Waals surface area contributed by atoms with Crippen LogP contribution >= 0.6 is 0 Å². The summed E-state index contributed by atoms with van der Waals surface area (Å²) in [5.41, 5.74) is 1.99. The summed E-state index contributed by atoms with van der Waals surface area (Å²) < 4.78 is 1.45. The zero-order valence-corrected chi connectivity index (χ0v) is 17.4. The molecule has 3 rings (SSSR count). The summed E-state index contributed by atoms with van der Waals surface area (Å²) in [5.74, 6) is -0.0136. The molecule has 1 N–H and O–H groups in total. The number of anilines is 1. The summed E-state index contributed by atoms with van der Waals surface area (Å²) in [7, 11) is 0. The highest BCUT2D eigenvalue weighted by atomic mass is 16.2. The van der Waals surface area contributed by atoms with Gasteiger partial charge < -0.3 is 5.32 Å². The highest BCUT2D eigenvalue weighted by Gasteiger charge is 2.18. The van der Waals surface area contributed by atoms with Crippen molar-refractivity contribution in [3.05, 3.63) is 70.1 Å². The summed E-state index contributed by atoms with van der Waals surface area (Å²) >= 11 is 0. The van der Waals surface area contributed by atoms with E-state index < -0.39 is 0 Å². The number of amides is 1. The van der Waals surface area contributed by atoms with Crippen molar-refractivity contribution in [3.8, 4) is 0 Å². The van der Waals surface area contributed by atoms with E-state index in [0.717, 1.165) is 36.9 Å². The van der Waals surface area contributed by atoms with Gasteiger partial charge >= 0.3 is 0 Å². The average Bonchev–Trinajstić information content (AvgIpc) is 2.73. The van der Waals surface area contributed by atoms with Gasteiger partial charge in [0, 0.05) is 17.6 Å². The second-order valence-corrected chi connectivity index (χ2v) is 7.68. The van der Waals surface area contributed by atoms with Crippen molar-refractivity contribution in [2.75, 3.05) is 5.32 Å². The van der Waals surface area contributed by atoms with E-state index in [0.29, 0.717) is 17.3 Å². The zero-order valence-electron chi connectivity index (χ0n) is 17.4. The van der Waals surface area contributed by atoms with Gasteiger partial charge in [-0.25, -0.2) is 4.68 Å². The Balaban J connectivity index is 1.98. The Hall–Kier alpha value is -2.95. The largest absolute Gasteiger partial charge is 0.320 e. The van der Waals surface area contributed by atoms with Crippen LogP contribution in [0.25, 0.3) is 10.8 Å². The first kappa shape index (κ1) is 20.8. The molecule has 0 aliphatic carbocycles. The lowest BCUT2D eigenvalue weighted by Crippen LogP contribution is -2.28. The molecule has 5 nitrogen and oxygen atoms in total. The third kappa shape index (κ3) is 4.73. The first-order valence-electron chi connectivity index (χ1n) is 10.4. The smallest absolute Gasteiger partial charge is 0.276 e. The molecule has 0 unspecified atom stereocenters. The maximum Gasteiger partial charge on any atom is 0.276 e. The second kappa shape index (κ2) is 9.50. The lowest BCUT2D eigenvalue weighted by atomic mass is 10.0. The SMILES string of the molecule is CCCCCCn1nc(C(=O)Nc2ccccc2C(C)C)c2ccccc2c1=O. The Morgan fingerprint density at radius 1 is 1.00 bits per heavy atom. The maximum absolute atomic E-state index is 13.2. The summed E-state index contributed by atoms with van der Waals surface area (Å²) in [6.07, 6.45) is 4.17. The minimum absolute atomic E-state index is 0.142. The average molecular weight is 392 g/mol. The number of fused-ring (bicyclic) bond motifs is 1. The summed E-state index contributed by atoms with van der Waals surface area (Å²) in [5, 5.41) is 8.58. The highest BCUT2D eigenvalue weighted by Crippen LogP contribution is 2.24. The summed E-state index contributed by atoms with van der Waals surface area (Å²) in [4.78, 5) is 26.0. The second-order valence-electron chi connectivity index (χ2n) is 7.68. The van der Waals surface area contributed by atoms with Crippen LogP contribution in [0.3, 0.4) is 0 Å². The van der Waals surface area contributed by atoms with Crippen molar-refractivity contribution in [3.63, 3.8) is 0 Å². The number of unbranched alkanes of at least 4 members (excludes halogenated alkanes) is 3. The van der Waals surface area contributed by atoms with Crippen LogP contribution in [-0.2, 0) is 6.54 Å². The van der Waals surface area contributed by atoms with Crippen LogP contribution in [0.5, 0.6) is 0 Å². The van der Waals surface area contributed by atoms with E-state index in [4.69, 9.17) is 0 Å². The van der Waals surface area contributed by atoms with Crippen LogP contribution in [0.2, 0.25) is 0 Å². The van der Waals surface area contributed by atoms with Crippen LogP contribution in [0.1, 0.15) is 68.4 Å². The molecule has 1 heterocycles. The number of hydrogen-bond acceptors (Lipinski definition) is 3. The fraction of sp³-hybridized carbons (Fsp3) is 0.375. The first-order valence-corrected chi connectivity index (χ1v) is 10.4. The van der Waals surface area contributed by atoms with E-state index in [-0.39, 0.29) is 23.1 Å². The lowest BCUT2D eigenvalue weighted by molar-refractivity contribution is 0.102. The van der Waals surface area contributed by atoms with Crippen molar-refractivity contribution >= 4 is 22.4 Å². The number of aromatic nitrogens is 2. The van der Waals surface area contributed by atoms with Gasteiger partial charge in [0.1, 0.15) is 0 Å². The van der Waals surface area contributed by atoms with E-state index in [9.17, 15) is 9.59 Å². The van der Waals surface area contributed by atoms with E-state index in [1.165, 1.54) is 4.68 Å². The fourth-order valence-corrected chi connectivity index (χ4v) is 3.54. The molecule has 3 aromatic rings. The van der Waals surface area contributed by atoms with Crippen molar-refractivity contribution in [1.29, 1.82) is 0 Å². The van der Waals surface area contributed by atoms with Gasteiger partial charge in [0.2, 0.25) is 0 Å². The number of para-hydroxylation sites is 1. The summed E-state index contributed by atoms with van der Waals surface area (Å²) in [6.45, 7) is 6.86. The molecule has 1 amide bonds. The van der Waals surface area contributed by atoms with Gasteiger partial charge in [0.05, 0.1) is 5.39 Å². The molecule has 0 spiro atoms. The topological polar surface area (TPSA) is 64.0 Å². The first-order chi connectivity index (χ1) is 14.0. The molecule has 29 heavy (non-hydrogen) atoms. The van der Waals surface area contributed by atoms with E-state index >= 15 is 0 Å². The predicted molar refractivity (Wildman–Crippen MR) is 119 cm³/mol. The third-order valence-corrected chi connectivity index (χ3v) is 5.14. The van der Waals surface area contributed by atoms with Crippen molar-refractivity contribution in [2.24, 2.45) is 0 Å². The molecular weight excluding hydrogens is 362 g/mol. The normalized spacial score (nSPS) is 11.2. The number of nitrogens with one attached hydrogen (secondary N) is 1. The third-order valence-electron chi connectivity index (χ3n) is 5.14. The number of benzene rings is 2. The van der Waals surface area contributed by atoms with Crippen LogP contribution in [-0.4, -0.2) is 15.7 Å². The standard InChI is InChI=1S/C24H29N3O2/c1-4-5-6-11-16-27-24(29)20-14-8-7-13-19(20)22(26-27)23(28)25-21-15-10-9-12-18(21)17(2)3/h7-10,12-15,17H,4-6,11,16H2,1-3H3,(H,25,28). The Kier molecular flexibility index (Phi) is 6.81. The zero-order chi connectivity index (χ0) is 20.8. The highest BCUT2D eigenvalue weighted by molar-refractivity contribution is 6.11. The number of nitrogens with zero attached hydrogens (tertiary/aromatic N) is 2. The molecule has 0 bridgehead atoms. The van der Waals surface area contributed by atoms with Crippen LogP contribution in [0.15, 0.2) is 53.3 Å². The molecular formula is C24H29N3O2. The predicted octanol–water partition coefficient (Wildman–Crippen LogP) is 5.35. The van der Waals surface area contributed by atoms with Crippen LogP contribution < -0.4 is 10.9 Å². The molecule has 0 saturated carbocycles. The van der Waals surface area contributed by atoms with Crippen molar-refractivity contribution in [1.82, 2.24) is 9.78 Å². The molecule has 0 fully saturated rings. The number of hydrogen-bond donors (Lipinski definition) is 1. The molecule has 0 atom stereocenters. The minimum Gasteiger partial charge on any atom is -0.320 e. The molecule has 2 aromatic carbocycles. The monoisotopic (exact) mass is 391 g/mol. The fourth-order valence-electron chi connectivity index (χ4n) is 3.54. The molecule has 0 radical (unpaired) electrons. The van der Waals surface area contributed by atoms with Gasteiger partial charge in [-0.3, -0.25) is 9.59 Å². The van der Waals surface area contributed by atoms with Crippen molar-refractivity contribution < 1.29 is 4.79 Å². The molecule has 0 aliphatic heterocycles. The van der Waals surface area contributed by atoms with Crippen LogP contribution in [0.4, 0.5) is 5.69 Å². The van der Waals surface area contributed by atoms with Gasteiger partial charge in [-0.2, -0.15) is 5.10 Å². The maximum atomic E-state index is 13.2. The molecule has 0 aliphatic rings. The van der Waals surface area contributed by atoms with Gasteiger partial charge in [0.15, 0.2) is 5.69 Å². The quantitative estimate of drug-likeness (QED) is 0.526. The number of rotatable bonds is 8. The number of carbonyl (C=O) groups is 1. The minimum atomic E-state index is -0.295. The van der Waals surface area contributed by atoms with Crippen molar-refractivity contribution in [2.45, 2.75) is 58.9 Å². The van der Waals surface area contributed by atoms with E-state index in [1.807, 2.05) is 36.4 Å². The molecule has 5 heteroatoms. The van der Waals surface area contributed by atoms with Gasteiger partial charge in [-0.05, 0) is 30.0 Å². The molecule has 0 saturated heterocycles. The molecule has 152 valence electrons. The number of carbonyl (C=O) groups excluding carboxylic acids is 1. The lowest BCUT2D eigenvalue weighted by Gasteiger charge is -2.15. The summed E-state index contributed by atoms with van der Waals surface area (Å²) in [6, 6.07) is 15.0. The van der Waals surface area contributed by atoms with E-state index in [1.54, 1.807) is 12.1 Å². The van der Waals surface area contributed by atoms with Gasteiger partial charge in [-0.15, -0.1) is 0 Å². The molecule has 1 aromatic heterocycles. The van der Waals surface area contributed by atoms with Crippen LogP contribution in [0, 0.1) is 0 Å².